The quantitative estimate of drug-likeness (QED) is 0.530. The molecule has 22 heavy (non-hydrogen) atoms. The van der Waals surface area contributed by atoms with Crippen molar-refractivity contribution < 1.29 is 9.90 Å². The Balaban J connectivity index is 2.91. The molecule has 0 aromatic rings. The fourth-order valence-electron chi connectivity index (χ4n) is 3.02. The summed E-state index contributed by atoms with van der Waals surface area (Å²) in [4.78, 5) is 10.6. The van der Waals surface area contributed by atoms with Crippen molar-refractivity contribution in [3.63, 3.8) is 0 Å². The highest BCUT2D eigenvalue weighted by molar-refractivity contribution is 5.81. The van der Waals surface area contributed by atoms with Gasteiger partial charge in [-0.15, -0.1) is 0 Å². The number of carbonyl (C=O) groups is 1. The highest BCUT2D eigenvalue weighted by Gasteiger charge is 2.17. The number of carboxylic acids is 1. The van der Waals surface area contributed by atoms with Crippen LogP contribution in [0.3, 0.4) is 0 Å². The first-order valence-electron chi connectivity index (χ1n) is 7.98. The first kappa shape index (κ1) is 18.2. The van der Waals surface area contributed by atoms with Gasteiger partial charge in [-0.2, -0.15) is 0 Å². The van der Waals surface area contributed by atoms with Crippen molar-refractivity contribution in [3.05, 3.63) is 58.2 Å². The van der Waals surface area contributed by atoms with E-state index < -0.39 is 5.97 Å². The maximum atomic E-state index is 10.6. The molecule has 0 bridgehead atoms. The van der Waals surface area contributed by atoms with E-state index >= 15 is 0 Å². The minimum Gasteiger partial charge on any atom is -0.478 e. The number of allylic oxidation sites excluding steroid dienone is 9. The third-order valence-electron chi connectivity index (χ3n) is 3.85. The van der Waals surface area contributed by atoms with E-state index in [0.717, 1.165) is 12.0 Å². The van der Waals surface area contributed by atoms with E-state index in [1.807, 2.05) is 18.2 Å². The van der Waals surface area contributed by atoms with Crippen molar-refractivity contribution in [2.45, 2.75) is 53.9 Å². The molecule has 0 aliphatic heterocycles. The lowest BCUT2D eigenvalue weighted by molar-refractivity contribution is -0.131. The maximum Gasteiger partial charge on any atom is 0.328 e. The molecule has 0 radical (unpaired) electrons. The van der Waals surface area contributed by atoms with Gasteiger partial charge in [0.05, 0.1) is 0 Å². The Bertz CT molecular complexity index is 567. The summed E-state index contributed by atoms with van der Waals surface area (Å²) in [5.41, 5.74) is 6.43. The van der Waals surface area contributed by atoms with Crippen molar-refractivity contribution in [2.24, 2.45) is 5.92 Å². The van der Waals surface area contributed by atoms with Crippen LogP contribution in [0.4, 0.5) is 0 Å². The fraction of sp³-hybridized carbons (Fsp3) is 0.450. The van der Waals surface area contributed by atoms with Gasteiger partial charge in [0.2, 0.25) is 0 Å². The lowest BCUT2D eigenvalue weighted by Crippen LogP contribution is -2.07. The predicted molar refractivity (Wildman–Crippen MR) is 93.8 cm³/mol. The molecule has 0 saturated carbocycles. The van der Waals surface area contributed by atoms with Crippen LogP contribution >= 0.6 is 0 Å². The molecule has 0 amide bonds. The first-order valence-corrected chi connectivity index (χ1v) is 7.98. The van der Waals surface area contributed by atoms with Crippen molar-refractivity contribution in [1.82, 2.24) is 0 Å². The van der Waals surface area contributed by atoms with Gasteiger partial charge >= 0.3 is 5.97 Å². The van der Waals surface area contributed by atoms with Crippen molar-refractivity contribution in [1.29, 1.82) is 0 Å². The van der Waals surface area contributed by atoms with Gasteiger partial charge in [0.25, 0.3) is 0 Å². The zero-order valence-corrected chi connectivity index (χ0v) is 14.4. The highest BCUT2D eigenvalue weighted by Crippen LogP contribution is 2.34. The van der Waals surface area contributed by atoms with E-state index in [-0.39, 0.29) is 0 Å². The molecule has 0 aromatic heterocycles. The van der Waals surface area contributed by atoms with E-state index in [2.05, 4.69) is 33.8 Å². The minimum atomic E-state index is -0.908. The topological polar surface area (TPSA) is 37.3 Å². The Morgan fingerprint density at radius 2 is 1.86 bits per heavy atom. The second kappa shape index (κ2) is 8.57. The third kappa shape index (κ3) is 5.88. The summed E-state index contributed by atoms with van der Waals surface area (Å²) in [5.74, 6) is -0.343. The summed E-state index contributed by atoms with van der Waals surface area (Å²) in [5, 5.41) is 8.67. The monoisotopic (exact) mass is 300 g/mol. The van der Waals surface area contributed by atoms with Crippen LogP contribution in [0.25, 0.3) is 0 Å². The lowest BCUT2D eigenvalue weighted by atomic mass is 9.81. The van der Waals surface area contributed by atoms with E-state index in [0.29, 0.717) is 5.92 Å². The number of hydrogen-bond donors (Lipinski definition) is 1. The Kier molecular flexibility index (Phi) is 7.10. The predicted octanol–water partition coefficient (Wildman–Crippen LogP) is 5.60. The normalized spacial score (nSPS) is 19.6. The van der Waals surface area contributed by atoms with Crippen molar-refractivity contribution >= 4 is 5.97 Å². The molecule has 1 rings (SSSR count). The zero-order chi connectivity index (χ0) is 16.7. The molecular formula is C20H28O2. The summed E-state index contributed by atoms with van der Waals surface area (Å²) in [6.07, 6.45) is 12.9. The number of aliphatic carboxylic acids is 1. The largest absolute Gasteiger partial charge is 0.478 e. The Morgan fingerprint density at radius 1 is 1.18 bits per heavy atom. The van der Waals surface area contributed by atoms with E-state index in [4.69, 9.17) is 5.11 Å². The Morgan fingerprint density at radius 3 is 2.45 bits per heavy atom. The van der Waals surface area contributed by atoms with Crippen LogP contribution in [0.15, 0.2) is 58.2 Å². The van der Waals surface area contributed by atoms with Gasteiger partial charge in [0.15, 0.2) is 0 Å². The highest BCUT2D eigenvalue weighted by atomic mass is 16.4. The second-order valence-corrected chi connectivity index (χ2v) is 6.37. The molecule has 0 atom stereocenters. The second-order valence-electron chi connectivity index (χ2n) is 6.37. The van der Waals surface area contributed by atoms with Crippen LogP contribution in [0.2, 0.25) is 0 Å². The van der Waals surface area contributed by atoms with Gasteiger partial charge in [0, 0.05) is 6.08 Å². The van der Waals surface area contributed by atoms with Crippen molar-refractivity contribution in [3.8, 4) is 0 Å². The number of rotatable bonds is 5. The van der Waals surface area contributed by atoms with E-state index in [9.17, 15) is 4.79 Å². The summed E-state index contributed by atoms with van der Waals surface area (Å²) >= 11 is 0. The molecule has 0 unspecified atom stereocenters. The van der Waals surface area contributed by atoms with Gasteiger partial charge in [-0.1, -0.05) is 49.3 Å². The molecule has 1 aliphatic carbocycles. The standard InChI is InChI=1S/C20H28O2/c1-14(2)20-17(5)10-7-11-18(20)12-15(3)8-6-9-16(4)13-19(21)22/h6,8-9,12-14H,7,10-11H2,1-5H3,(H,21,22)/b9-6+,15-8-,16-13+,18-12+. The van der Waals surface area contributed by atoms with Gasteiger partial charge in [-0.25, -0.2) is 4.79 Å². The van der Waals surface area contributed by atoms with Crippen LogP contribution in [-0.2, 0) is 4.79 Å². The third-order valence-corrected chi connectivity index (χ3v) is 3.85. The first-order chi connectivity index (χ1) is 10.3. The number of hydrogen-bond acceptors (Lipinski definition) is 1. The maximum absolute atomic E-state index is 10.6. The lowest BCUT2D eigenvalue weighted by Gasteiger charge is -2.24. The molecule has 2 nitrogen and oxygen atoms in total. The van der Waals surface area contributed by atoms with Gasteiger partial charge < -0.3 is 5.11 Å². The van der Waals surface area contributed by atoms with Crippen LogP contribution in [0, 0.1) is 5.92 Å². The summed E-state index contributed by atoms with van der Waals surface area (Å²) in [6.45, 7) is 10.7. The molecular weight excluding hydrogens is 272 g/mol. The summed E-state index contributed by atoms with van der Waals surface area (Å²) in [7, 11) is 0. The van der Waals surface area contributed by atoms with Crippen LogP contribution in [0.1, 0.15) is 53.9 Å². The average Bonchev–Trinajstić information content (AvgIpc) is 2.37. The van der Waals surface area contributed by atoms with Crippen molar-refractivity contribution in [2.75, 3.05) is 0 Å². The number of carboxylic acid groups (broad SMARTS) is 1. The Labute approximate surface area is 134 Å². The van der Waals surface area contributed by atoms with Crippen LogP contribution < -0.4 is 0 Å². The van der Waals surface area contributed by atoms with Crippen LogP contribution in [-0.4, -0.2) is 11.1 Å². The smallest absolute Gasteiger partial charge is 0.328 e. The SMILES string of the molecule is CC1=C(C(C)C)/C(=C/C(C)=C\C=C\C(C)=C\C(=O)O)CCC1. The molecule has 1 N–H and O–H groups in total. The molecule has 0 spiro atoms. The summed E-state index contributed by atoms with van der Waals surface area (Å²) in [6, 6.07) is 0. The summed E-state index contributed by atoms with van der Waals surface area (Å²) < 4.78 is 0. The molecule has 1 aliphatic rings. The molecule has 0 fully saturated rings. The molecule has 2 heteroatoms. The van der Waals surface area contributed by atoms with Crippen LogP contribution in [0.5, 0.6) is 0 Å². The molecule has 0 saturated heterocycles. The minimum absolute atomic E-state index is 0.565. The van der Waals surface area contributed by atoms with Gasteiger partial charge in [-0.05, 0) is 62.7 Å². The average molecular weight is 300 g/mol. The Hall–Kier alpha value is -1.83. The zero-order valence-electron chi connectivity index (χ0n) is 14.4. The van der Waals surface area contributed by atoms with E-state index in [1.165, 1.54) is 41.2 Å². The fourth-order valence-corrected chi connectivity index (χ4v) is 3.02. The van der Waals surface area contributed by atoms with Gasteiger partial charge in [0.1, 0.15) is 0 Å². The molecule has 0 heterocycles. The molecule has 120 valence electrons. The van der Waals surface area contributed by atoms with E-state index in [1.54, 1.807) is 6.92 Å². The van der Waals surface area contributed by atoms with Gasteiger partial charge in [-0.3, -0.25) is 0 Å². The molecule has 0 aromatic carbocycles.